The highest BCUT2D eigenvalue weighted by molar-refractivity contribution is 4.73. The molecule has 1 aliphatic heterocycles. The average molecular weight is 162 g/mol. The number of methoxy groups -OCH3 is 1. The summed E-state index contributed by atoms with van der Waals surface area (Å²) in [5.74, 6) is 0.0170. The normalized spacial score (nSPS) is 45.8. The molecule has 0 aromatic carbocycles. The third-order valence-corrected chi connectivity index (χ3v) is 1.99. The van der Waals surface area contributed by atoms with Crippen LogP contribution in [0.3, 0.4) is 0 Å². The fourth-order valence-electron chi connectivity index (χ4n) is 1.18. The van der Waals surface area contributed by atoms with Crippen molar-refractivity contribution in [1.82, 2.24) is 0 Å². The lowest BCUT2D eigenvalue weighted by atomic mass is 10.00. The Labute approximate surface area is 65.7 Å². The van der Waals surface area contributed by atoms with E-state index in [-0.39, 0.29) is 12.0 Å². The smallest absolute Gasteiger partial charge is 0.184 e. The summed E-state index contributed by atoms with van der Waals surface area (Å²) in [6.45, 7) is 1.85. The molecule has 4 atom stereocenters. The predicted molar refractivity (Wildman–Crippen MR) is 37.7 cm³/mol. The van der Waals surface area contributed by atoms with Gasteiger partial charge in [0.15, 0.2) is 12.6 Å². The van der Waals surface area contributed by atoms with Crippen LogP contribution in [0.4, 0.5) is 0 Å². The molecule has 4 heteroatoms. The Morgan fingerprint density at radius 3 is 2.55 bits per heavy atom. The van der Waals surface area contributed by atoms with Crippen molar-refractivity contribution in [2.75, 3.05) is 7.11 Å². The molecule has 2 N–H and O–H groups in total. The standard InChI is InChI=1S/C7H14O4/c1-4-3-5(10-2)7(9)11-6(4)8/h4-9H,3H2,1-2H3. The summed E-state index contributed by atoms with van der Waals surface area (Å²) in [7, 11) is 1.52. The van der Waals surface area contributed by atoms with Crippen molar-refractivity contribution >= 4 is 0 Å². The molecule has 1 fully saturated rings. The van der Waals surface area contributed by atoms with Gasteiger partial charge < -0.3 is 19.7 Å². The topological polar surface area (TPSA) is 58.9 Å². The molecule has 0 saturated carbocycles. The van der Waals surface area contributed by atoms with Crippen molar-refractivity contribution in [2.24, 2.45) is 5.92 Å². The quantitative estimate of drug-likeness (QED) is 0.555. The Morgan fingerprint density at radius 2 is 2.00 bits per heavy atom. The molecule has 1 saturated heterocycles. The van der Waals surface area contributed by atoms with Gasteiger partial charge in [-0.15, -0.1) is 0 Å². The summed E-state index contributed by atoms with van der Waals surface area (Å²) in [6.07, 6.45) is -1.55. The lowest BCUT2D eigenvalue weighted by molar-refractivity contribution is -0.290. The van der Waals surface area contributed by atoms with Crippen LogP contribution in [0.1, 0.15) is 13.3 Å². The minimum Gasteiger partial charge on any atom is -0.376 e. The molecule has 0 bridgehead atoms. The van der Waals surface area contributed by atoms with Crippen molar-refractivity contribution in [2.45, 2.75) is 32.0 Å². The van der Waals surface area contributed by atoms with Crippen LogP contribution in [0.25, 0.3) is 0 Å². The van der Waals surface area contributed by atoms with Gasteiger partial charge in [-0.05, 0) is 6.42 Å². The molecule has 66 valence electrons. The van der Waals surface area contributed by atoms with E-state index in [9.17, 15) is 0 Å². The monoisotopic (exact) mass is 162 g/mol. The second-order valence-corrected chi connectivity index (χ2v) is 2.90. The molecule has 11 heavy (non-hydrogen) atoms. The number of rotatable bonds is 1. The van der Waals surface area contributed by atoms with E-state index >= 15 is 0 Å². The fraction of sp³-hybridized carbons (Fsp3) is 1.00. The van der Waals surface area contributed by atoms with Gasteiger partial charge in [-0.2, -0.15) is 0 Å². The molecular weight excluding hydrogens is 148 g/mol. The maximum Gasteiger partial charge on any atom is 0.184 e. The highest BCUT2D eigenvalue weighted by atomic mass is 16.7. The maximum atomic E-state index is 9.15. The van der Waals surface area contributed by atoms with Crippen LogP contribution in [-0.4, -0.2) is 36.0 Å². The van der Waals surface area contributed by atoms with Gasteiger partial charge in [-0.1, -0.05) is 6.92 Å². The van der Waals surface area contributed by atoms with Crippen LogP contribution < -0.4 is 0 Å². The largest absolute Gasteiger partial charge is 0.376 e. The van der Waals surface area contributed by atoms with Gasteiger partial charge in [0.1, 0.15) is 6.10 Å². The molecular formula is C7H14O4. The van der Waals surface area contributed by atoms with Crippen molar-refractivity contribution < 1.29 is 19.7 Å². The van der Waals surface area contributed by atoms with Gasteiger partial charge in [-0.3, -0.25) is 0 Å². The zero-order chi connectivity index (χ0) is 8.43. The number of aliphatic hydroxyl groups is 2. The summed E-state index contributed by atoms with van der Waals surface area (Å²) in [6, 6.07) is 0. The molecule has 4 unspecified atom stereocenters. The van der Waals surface area contributed by atoms with Gasteiger partial charge in [-0.25, -0.2) is 0 Å². The minimum atomic E-state index is -0.994. The fourth-order valence-corrected chi connectivity index (χ4v) is 1.18. The van der Waals surface area contributed by atoms with Crippen molar-refractivity contribution in [3.63, 3.8) is 0 Å². The van der Waals surface area contributed by atoms with Gasteiger partial charge >= 0.3 is 0 Å². The summed E-state index contributed by atoms with van der Waals surface area (Å²) in [4.78, 5) is 0. The maximum absolute atomic E-state index is 9.15. The van der Waals surface area contributed by atoms with Crippen LogP contribution in [0.5, 0.6) is 0 Å². The van der Waals surface area contributed by atoms with Crippen LogP contribution in [0.2, 0.25) is 0 Å². The highest BCUT2D eigenvalue weighted by Crippen LogP contribution is 2.23. The molecule has 1 rings (SSSR count). The van der Waals surface area contributed by atoms with Crippen LogP contribution in [0.15, 0.2) is 0 Å². The zero-order valence-electron chi connectivity index (χ0n) is 6.73. The van der Waals surface area contributed by atoms with Gasteiger partial charge in [0.25, 0.3) is 0 Å². The summed E-state index contributed by atoms with van der Waals surface area (Å²) in [5.41, 5.74) is 0. The number of aliphatic hydroxyl groups excluding tert-OH is 2. The van der Waals surface area contributed by atoms with E-state index in [4.69, 9.17) is 19.7 Å². The van der Waals surface area contributed by atoms with E-state index in [1.807, 2.05) is 6.92 Å². The SMILES string of the molecule is COC1CC(C)C(O)OC1O. The van der Waals surface area contributed by atoms with Gasteiger partial charge in [0.2, 0.25) is 0 Å². The first-order chi connectivity index (χ1) is 5.15. The van der Waals surface area contributed by atoms with Crippen LogP contribution >= 0.6 is 0 Å². The second-order valence-electron chi connectivity index (χ2n) is 2.90. The lowest BCUT2D eigenvalue weighted by Crippen LogP contribution is -2.44. The number of ether oxygens (including phenoxy) is 2. The molecule has 0 aromatic rings. The summed E-state index contributed by atoms with van der Waals surface area (Å²) >= 11 is 0. The lowest BCUT2D eigenvalue weighted by Gasteiger charge is -2.34. The van der Waals surface area contributed by atoms with E-state index in [1.165, 1.54) is 7.11 Å². The first-order valence-electron chi connectivity index (χ1n) is 3.69. The third kappa shape index (κ3) is 1.90. The van der Waals surface area contributed by atoms with Crippen molar-refractivity contribution in [1.29, 1.82) is 0 Å². The third-order valence-electron chi connectivity index (χ3n) is 1.99. The van der Waals surface area contributed by atoms with E-state index < -0.39 is 12.6 Å². The van der Waals surface area contributed by atoms with E-state index in [0.717, 1.165) is 0 Å². The first-order valence-corrected chi connectivity index (χ1v) is 3.69. The first kappa shape index (κ1) is 8.93. The summed E-state index contributed by atoms with van der Waals surface area (Å²) in [5, 5.41) is 18.3. The van der Waals surface area contributed by atoms with E-state index in [2.05, 4.69) is 0 Å². The van der Waals surface area contributed by atoms with Crippen molar-refractivity contribution in [3.05, 3.63) is 0 Å². The van der Waals surface area contributed by atoms with Crippen molar-refractivity contribution in [3.8, 4) is 0 Å². The molecule has 4 nitrogen and oxygen atoms in total. The Kier molecular flexibility index (Phi) is 2.84. The molecule has 0 amide bonds. The Morgan fingerprint density at radius 1 is 1.36 bits per heavy atom. The Bertz CT molecular complexity index is 128. The van der Waals surface area contributed by atoms with Crippen LogP contribution in [-0.2, 0) is 9.47 Å². The molecule has 0 aliphatic carbocycles. The van der Waals surface area contributed by atoms with E-state index in [0.29, 0.717) is 6.42 Å². The van der Waals surface area contributed by atoms with E-state index in [1.54, 1.807) is 0 Å². The summed E-state index contributed by atoms with van der Waals surface area (Å²) < 4.78 is 9.72. The molecule has 0 spiro atoms. The Balaban J connectivity index is 2.48. The molecule has 0 aromatic heterocycles. The predicted octanol–water partition coefficient (Wildman–Crippen LogP) is -0.305. The minimum absolute atomic E-state index is 0.0170. The van der Waals surface area contributed by atoms with Crippen LogP contribution in [0, 0.1) is 5.92 Å². The second kappa shape index (κ2) is 3.49. The van der Waals surface area contributed by atoms with Gasteiger partial charge in [0.05, 0.1) is 0 Å². The average Bonchev–Trinajstić information content (AvgIpc) is 1.97. The molecule has 1 heterocycles. The zero-order valence-corrected chi connectivity index (χ0v) is 6.73. The number of hydrogen-bond acceptors (Lipinski definition) is 4. The highest BCUT2D eigenvalue weighted by Gasteiger charge is 2.33. The number of hydrogen-bond donors (Lipinski definition) is 2. The van der Waals surface area contributed by atoms with Gasteiger partial charge in [0, 0.05) is 13.0 Å². The molecule has 1 aliphatic rings. The Hall–Kier alpha value is -0.160. The molecule has 0 radical (unpaired) electrons.